The molecule has 0 radical (unpaired) electrons. The smallest absolute Gasteiger partial charge is 0.351 e. The fourth-order valence-corrected chi connectivity index (χ4v) is 2.45. The van der Waals surface area contributed by atoms with Crippen molar-refractivity contribution in [3.8, 4) is 0 Å². The van der Waals surface area contributed by atoms with Crippen molar-refractivity contribution >= 4 is 13.4 Å². The molecule has 10 heteroatoms. The molecule has 1 aliphatic rings. The molecule has 4 atom stereocenters. The average Bonchev–Trinajstić information content (AvgIpc) is 2.72. The molecule has 0 bridgehead atoms. The molecule has 1 aromatic heterocycles. The minimum atomic E-state index is -3.90. The number of rotatable bonds is 4. The van der Waals surface area contributed by atoms with Crippen molar-refractivity contribution in [2.75, 3.05) is 19.0 Å². The van der Waals surface area contributed by atoms with Gasteiger partial charge in [-0.25, -0.2) is 4.79 Å². The maximum atomic E-state index is 11.8. The van der Waals surface area contributed by atoms with E-state index in [1.54, 1.807) is 6.92 Å². The van der Waals surface area contributed by atoms with E-state index in [1.165, 1.54) is 10.8 Å². The average molecular weight is 318 g/mol. The Morgan fingerprint density at radius 2 is 2.38 bits per heavy atom. The van der Waals surface area contributed by atoms with E-state index in [1.807, 2.05) is 0 Å². The lowest BCUT2D eigenvalue weighted by Crippen LogP contribution is -2.29. The van der Waals surface area contributed by atoms with Crippen molar-refractivity contribution in [3.05, 3.63) is 22.2 Å². The van der Waals surface area contributed by atoms with Crippen LogP contribution in [-0.2, 0) is 13.8 Å². The van der Waals surface area contributed by atoms with Crippen LogP contribution < -0.4 is 16.3 Å². The number of hydrogen-bond acceptors (Lipinski definition) is 8. The molecule has 1 aliphatic heterocycles. The number of aromatic nitrogens is 2. The number of aliphatic hydroxyl groups excluding tert-OH is 1. The van der Waals surface area contributed by atoms with Crippen molar-refractivity contribution in [1.29, 1.82) is 0 Å². The number of hydrogen-bond donors (Lipinski definition) is 2. The predicted octanol–water partition coefficient (Wildman–Crippen LogP) is -1.02. The summed E-state index contributed by atoms with van der Waals surface area (Å²) in [6, 6.07) is 0. The number of aliphatic hydroxyl groups is 1. The molecule has 0 aromatic carbocycles. The molecule has 2 heterocycles. The second-order valence-corrected chi connectivity index (χ2v) is 6.80. The molecule has 3 N–H and O–H groups in total. The Kier molecular flexibility index (Phi) is 4.50. The van der Waals surface area contributed by atoms with E-state index in [4.69, 9.17) is 10.5 Å². The molecule has 21 heavy (non-hydrogen) atoms. The van der Waals surface area contributed by atoms with Gasteiger partial charge in [0, 0.05) is 24.8 Å². The van der Waals surface area contributed by atoms with Crippen LogP contribution in [0.3, 0.4) is 0 Å². The number of nitrogens with zero attached hydrogens (tertiary/aromatic N) is 2. The van der Waals surface area contributed by atoms with Gasteiger partial charge in [0.25, 0.3) is 0 Å². The van der Waals surface area contributed by atoms with Crippen LogP contribution >= 0.6 is 7.60 Å². The summed E-state index contributed by atoms with van der Waals surface area (Å²) >= 11 is 0. The SMILES string of the molecule is Cc1cn([C@H]2CC(O)[C@@H](COP(C)(=O)[O-])O2)c(=O)nc1N. The number of nitrogens with two attached hydrogens (primary N) is 1. The monoisotopic (exact) mass is 318 g/mol. The highest BCUT2D eigenvalue weighted by atomic mass is 31.2. The van der Waals surface area contributed by atoms with Gasteiger partial charge >= 0.3 is 5.69 Å². The Balaban J connectivity index is 2.12. The molecule has 1 fully saturated rings. The van der Waals surface area contributed by atoms with Gasteiger partial charge < -0.3 is 29.6 Å². The van der Waals surface area contributed by atoms with E-state index in [2.05, 4.69) is 9.51 Å². The van der Waals surface area contributed by atoms with Gasteiger partial charge in [0.15, 0.2) is 0 Å². The lowest BCUT2D eigenvalue weighted by Gasteiger charge is -2.22. The van der Waals surface area contributed by atoms with Gasteiger partial charge in [-0.15, -0.1) is 0 Å². The zero-order valence-corrected chi connectivity index (χ0v) is 12.5. The zero-order valence-electron chi connectivity index (χ0n) is 11.6. The quantitative estimate of drug-likeness (QED) is 0.672. The highest BCUT2D eigenvalue weighted by Crippen LogP contribution is 2.34. The van der Waals surface area contributed by atoms with Crippen LogP contribution in [0.4, 0.5) is 5.82 Å². The molecule has 0 spiro atoms. The Bertz CT molecular complexity index is 627. The van der Waals surface area contributed by atoms with E-state index in [0.29, 0.717) is 5.56 Å². The van der Waals surface area contributed by atoms with E-state index >= 15 is 0 Å². The van der Waals surface area contributed by atoms with Crippen molar-refractivity contribution in [1.82, 2.24) is 9.55 Å². The fourth-order valence-electron chi connectivity index (χ4n) is 2.03. The van der Waals surface area contributed by atoms with E-state index in [-0.39, 0.29) is 18.8 Å². The second-order valence-electron chi connectivity index (χ2n) is 5.00. The minimum Gasteiger partial charge on any atom is -0.779 e. The summed E-state index contributed by atoms with van der Waals surface area (Å²) in [5.74, 6) is 0.132. The Labute approximate surface area is 120 Å². The lowest BCUT2D eigenvalue weighted by atomic mass is 10.2. The van der Waals surface area contributed by atoms with Gasteiger partial charge in [-0.2, -0.15) is 4.98 Å². The molecular formula is C11H17N3O6P-. The Hall–Kier alpha value is -1.25. The third kappa shape index (κ3) is 3.90. The summed E-state index contributed by atoms with van der Waals surface area (Å²) in [6.45, 7) is 2.32. The normalized spacial score (nSPS) is 28.5. The van der Waals surface area contributed by atoms with Gasteiger partial charge in [-0.05, 0) is 6.92 Å². The van der Waals surface area contributed by atoms with Crippen LogP contribution in [0.15, 0.2) is 11.0 Å². The van der Waals surface area contributed by atoms with Crippen LogP contribution in [0, 0.1) is 6.92 Å². The van der Waals surface area contributed by atoms with Crippen molar-refractivity contribution < 1.29 is 23.8 Å². The molecule has 0 amide bonds. The van der Waals surface area contributed by atoms with Crippen molar-refractivity contribution in [3.63, 3.8) is 0 Å². The predicted molar refractivity (Wildman–Crippen MR) is 71.7 cm³/mol. The highest BCUT2D eigenvalue weighted by molar-refractivity contribution is 7.50. The molecule has 1 aromatic rings. The number of aryl methyl sites for hydroxylation is 1. The van der Waals surface area contributed by atoms with Gasteiger partial charge in [-0.3, -0.25) is 4.57 Å². The van der Waals surface area contributed by atoms with Crippen LogP contribution in [0.1, 0.15) is 18.2 Å². The van der Waals surface area contributed by atoms with Crippen molar-refractivity contribution in [2.24, 2.45) is 0 Å². The molecule has 1 saturated heterocycles. The Morgan fingerprint density at radius 3 is 3.00 bits per heavy atom. The van der Waals surface area contributed by atoms with Gasteiger partial charge in [0.1, 0.15) is 25.7 Å². The standard InChI is InChI=1S/C11H18N3O6P/c1-6-4-14(11(16)13-10(6)12)9-3-7(15)8(20-9)5-19-21(2,17)18/h4,7-9,15H,3,5H2,1-2H3,(H,17,18)(H2,12,13,16)/p-1/t7?,8-,9-/m1/s1. The molecule has 0 saturated carbocycles. The summed E-state index contributed by atoms with van der Waals surface area (Å²) in [4.78, 5) is 26.4. The molecule has 0 aliphatic carbocycles. The van der Waals surface area contributed by atoms with Gasteiger partial charge in [-0.1, -0.05) is 0 Å². The largest absolute Gasteiger partial charge is 0.779 e. The number of nitrogen functional groups attached to an aromatic ring is 1. The van der Waals surface area contributed by atoms with Crippen molar-refractivity contribution in [2.45, 2.75) is 31.8 Å². The number of anilines is 1. The van der Waals surface area contributed by atoms with E-state index in [9.17, 15) is 19.4 Å². The summed E-state index contributed by atoms with van der Waals surface area (Å²) in [6.07, 6.45) is -0.890. The zero-order chi connectivity index (χ0) is 15.8. The molecule has 2 rings (SSSR count). The topological polar surface area (TPSA) is 140 Å². The molecular weight excluding hydrogens is 301 g/mol. The first kappa shape index (κ1) is 16.1. The minimum absolute atomic E-state index is 0.131. The van der Waals surface area contributed by atoms with Gasteiger partial charge in [0.05, 0.1) is 12.7 Å². The third-order valence-electron chi connectivity index (χ3n) is 3.16. The van der Waals surface area contributed by atoms with Crippen LogP contribution in [0.5, 0.6) is 0 Å². The third-order valence-corrected chi connectivity index (χ3v) is 3.78. The summed E-state index contributed by atoms with van der Waals surface area (Å²) in [5.41, 5.74) is 5.54. The molecule has 2 unspecified atom stereocenters. The van der Waals surface area contributed by atoms with Crippen LogP contribution in [-0.4, -0.2) is 40.1 Å². The summed E-state index contributed by atoms with van der Waals surface area (Å²) < 4.78 is 22.3. The van der Waals surface area contributed by atoms with Gasteiger partial charge in [0.2, 0.25) is 0 Å². The second kappa shape index (κ2) is 5.86. The first-order valence-electron chi connectivity index (χ1n) is 6.29. The fraction of sp³-hybridized carbons (Fsp3) is 0.636. The Morgan fingerprint density at radius 1 is 1.71 bits per heavy atom. The summed E-state index contributed by atoms with van der Waals surface area (Å²) in [5, 5.41) is 9.88. The maximum Gasteiger partial charge on any atom is 0.351 e. The maximum absolute atomic E-state index is 11.8. The van der Waals surface area contributed by atoms with E-state index < -0.39 is 31.7 Å². The number of ether oxygens (including phenoxy) is 1. The highest BCUT2D eigenvalue weighted by Gasteiger charge is 2.36. The first-order valence-corrected chi connectivity index (χ1v) is 8.28. The van der Waals surface area contributed by atoms with Crippen LogP contribution in [0.25, 0.3) is 0 Å². The van der Waals surface area contributed by atoms with Crippen LogP contribution in [0.2, 0.25) is 0 Å². The molecule has 118 valence electrons. The molecule has 9 nitrogen and oxygen atoms in total. The summed E-state index contributed by atoms with van der Waals surface area (Å²) in [7, 11) is -3.90. The first-order chi connectivity index (χ1) is 9.67. The van der Waals surface area contributed by atoms with E-state index in [0.717, 1.165) is 6.66 Å². The lowest BCUT2D eigenvalue weighted by molar-refractivity contribution is -0.199.